The largest absolute Gasteiger partial charge is 0.488 e. The number of nitrogens with zero attached hydrogens (tertiary/aromatic N) is 2. The Hall–Kier alpha value is -2.84. The number of ether oxygens (including phenoxy) is 1. The number of benzene rings is 2. The van der Waals surface area contributed by atoms with E-state index in [2.05, 4.69) is 4.98 Å². The summed E-state index contributed by atoms with van der Waals surface area (Å²) in [6.07, 6.45) is 2.32. The fourth-order valence-electron chi connectivity index (χ4n) is 5.52. The average molecular weight is 502 g/mol. The number of rotatable bonds is 7. The van der Waals surface area contributed by atoms with E-state index in [0.29, 0.717) is 38.1 Å². The van der Waals surface area contributed by atoms with Crippen LogP contribution in [0.15, 0.2) is 48.8 Å². The zero-order valence-corrected chi connectivity index (χ0v) is 20.7. The molecule has 8 heteroatoms. The molecule has 0 unspecified atom stereocenters. The van der Waals surface area contributed by atoms with Gasteiger partial charge < -0.3 is 9.72 Å². The highest BCUT2D eigenvalue weighted by atomic mass is 19.1. The third kappa shape index (κ3) is 4.76. The van der Waals surface area contributed by atoms with Crippen LogP contribution in [0, 0.1) is 11.6 Å². The fourth-order valence-corrected chi connectivity index (χ4v) is 5.52. The van der Waals surface area contributed by atoms with Gasteiger partial charge in [0.2, 0.25) is 0 Å². The van der Waals surface area contributed by atoms with E-state index in [9.17, 15) is 8.78 Å². The van der Waals surface area contributed by atoms with Gasteiger partial charge in [-0.15, -0.1) is 0 Å². The quantitative estimate of drug-likeness (QED) is 0.399. The van der Waals surface area contributed by atoms with E-state index < -0.39 is 23.3 Å². The minimum atomic E-state index is -1.56. The lowest BCUT2D eigenvalue weighted by molar-refractivity contribution is 0.0275. The van der Waals surface area contributed by atoms with Gasteiger partial charge in [-0.3, -0.25) is 9.80 Å². The van der Waals surface area contributed by atoms with Gasteiger partial charge in [-0.25, -0.2) is 17.6 Å². The smallest absolute Gasteiger partial charge is 0.135 e. The topological polar surface area (TPSA) is 31.5 Å². The van der Waals surface area contributed by atoms with Crippen molar-refractivity contribution >= 4 is 10.9 Å². The molecule has 1 fully saturated rings. The molecular formula is C28H31F4N3O. The zero-order chi connectivity index (χ0) is 25.6. The van der Waals surface area contributed by atoms with E-state index in [1.54, 1.807) is 0 Å². The van der Waals surface area contributed by atoms with Crippen molar-refractivity contribution in [2.75, 3.05) is 26.2 Å². The molecule has 0 aliphatic carbocycles. The number of halogens is 4. The Kier molecular flexibility index (Phi) is 6.59. The number of aromatic nitrogens is 1. The van der Waals surface area contributed by atoms with Crippen LogP contribution in [-0.2, 0) is 6.42 Å². The standard InChI is InChI=1S/C28H31F4N3O/c1-17-11-21-20-7-4-5-8-24(20)33-26(21)27(35(17)16-28(2,3)32)25-22(30)12-18(13-23(25)31)36-19-14-34(15-19)10-6-9-29/h4-9,12-13,17,19,27,33H,10-11,14-16H2,1-3H3/t17-,27-/m1/s1. The van der Waals surface area contributed by atoms with E-state index in [1.807, 2.05) is 41.0 Å². The lowest BCUT2D eigenvalue weighted by Crippen LogP contribution is -2.53. The second-order valence-electron chi connectivity index (χ2n) is 10.5. The van der Waals surface area contributed by atoms with Crippen LogP contribution in [0.5, 0.6) is 5.75 Å². The van der Waals surface area contributed by atoms with Crippen molar-refractivity contribution in [2.45, 2.75) is 51.0 Å². The third-order valence-corrected chi connectivity index (χ3v) is 7.08. The van der Waals surface area contributed by atoms with Gasteiger partial charge >= 0.3 is 0 Å². The first-order chi connectivity index (χ1) is 17.1. The number of aromatic amines is 1. The molecule has 0 amide bonds. The summed E-state index contributed by atoms with van der Waals surface area (Å²) in [6, 6.07) is 9.26. The van der Waals surface area contributed by atoms with Crippen LogP contribution in [-0.4, -0.2) is 58.8 Å². The van der Waals surface area contributed by atoms with Crippen LogP contribution in [0.25, 0.3) is 10.9 Å². The van der Waals surface area contributed by atoms with Gasteiger partial charge in [0, 0.05) is 66.5 Å². The number of alkyl halides is 1. The summed E-state index contributed by atoms with van der Waals surface area (Å²) in [6.45, 7) is 6.51. The minimum absolute atomic E-state index is 0.0238. The second kappa shape index (κ2) is 9.56. The maximum atomic E-state index is 15.7. The van der Waals surface area contributed by atoms with Crippen LogP contribution >= 0.6 is 0 Å². The molecule has 0 spiro atoms. The molecule has 5 rings (SSSR count). The van der Waals surface area contributed by atoms with Gasteiger partial charge in [0.05, 0.1) is 12.4 Å². The first kappa shape index (κ1) is 24.8. The van der Waals surface area contributed by atoms with Crippen LogP contribution in [0.4, 0.5) is 17.6 Å². The van der Waals surface area contributed by atoms with Crippen molar-refractivity contribution in [3.05, 3.63) is 77.3 Å². The lowest BCUT2D eigenvalue weighted by atomic mass is 9.87. The van der Waals surface area contributed by atoms with Crippen LogP contribution < -0.4 is 4.74 Å². The van der Waals surface area contributed by atoms with Crippen LogP contribution in [0.2, 0.25) is 0 Å². The fraction of sp³-hybridized carbons (Fsp3) is 0.429. The monoisotopic (exact) mass is 501 g/mol. The molecule has 1 N–H and O–H groups in total. The van der Waals surface area contributed by atoms with Crippen molar-refractivity contribution in [1.29, 1.82) is 0 Å². The predicted octanol–water partition coefficient (Wildman–Crippen LogP) is 6.08. The zero-order valence-electron chi connectivity index (χ0n) is 20.7. The number of nitrogens with one attached hydrogen (secondary N) is 1. The highest BCUT2D eigenvalue weighted by Gasteiger charge is 2.41. The summed E-state index contributed by atoms with van der Waals surface area (Å²) >= 11 is 0. The second-order valence-corrected chi connectivity index (χ2v) is 10.5. The van der Waals surface area contributed by atoms with E-state index in [0.717, 1.165) is 16.5 Å². The molecule has 1 saturated heterocycles. The van der Waals surface area contributed by atoms with Crippen LogP contribution in [0.1, 0.15) is 43.6 Å². The third-order valence-electron chi connectivity index (χ3n) is 7.08. The van der Waals surface area contributed by atoms with E-state index >= 15 is 8.78 Å². The number of hydrogen-bond acceptors (Lipinski definition) is 3. The summed E-state index contributed by atoms with van der Waals surface area (Å²) in [5, 5.41) is 1.02. The van der Waals surface area contributed by atoms with Gasteiger partial charge in [-0.05, 0) is 44.9 Å². The summed E-state index contributed by atoms with van der Waals surface area (Å²) < 4.78 is 64.2. The Labute approximate surface area is 208 Å². The molecule has 2 aliphatic heterocycles. The van der Waals surface area contributed by atoms with Crippen LogP contribution in [0.3, 0.4) is 0 Å². The molecule has 36 heavy (non-hydrogen) atoms. The van der Waals surface area contributed by atoms with Gasteiger partial charge in [0.15, 0.2) is 0 Å². The summed E-state index contributed by atoms with van der Waals surface area (Å²) in [4.78, 5) is 7.18. The maximum absolute atomic E-state index is 15.7. The number of likely N-dealkylation sites (tertiary alicyclic amines) is 1. The molecule has 2 aromatic carbocycles. The molecule has 192 valence electrons. The van der Waals surface area contributed by atoms with E-state index in [-0.39, 0.29) is 30.0 Å². The van der Waals surface area contributed by atoms with E-state index in [4.69, 9.17) is 4.74 Å². The SMILES string of the molecule is C[C@@H]1Cc2c([nH]c3ccccc23)[C@@H](c2c(F)cc(OC3CN(CC=CF)C3)cc2F)N1CC(C)(C)F. The molecule has 1 aromatic heterocycles. The van der Waals surface area contributed by atoms with Gasteiger partial charge in [-0.1, -0.05) is 18.2 Å². The maximum Gasteiger partial charge on any atom is 0.135 e. The Balaban J connectivity index is 1.51. The normalized spacial score (nSPS) is 21.8. The summed E-state index contributed by atoms with van der Waals surface area (Å²) in [5.41, 5.74) is 0.917. The molecule has 0 saturated carbocycles. The summed E-state index contributed by atoms with van der Waals surface area (Å²) in [7, 11) is 0. The Morgan fingerprint density at radius 2 is 1.83 bits per heavy atom. The van der Waals surface area contributed by atoms with Crippen molar-refractivity contribution in [3.63, 3.8) is 0 Å². The van der Waals surface area contributed by atoms with Gasteiger partial charge in [0.25, 0.3) is 0 Å². The predicted molar refractivity (Wildman–Crippen MR) is 133 cm³/mol. The molecule has 2 atom stereocenters. The van der Waals surface area contributed by atoms with E-state index in [1.165, 1.54) is 32.1 Å². The van der Waals surface area contributed by atoms with Crippen molar-refractivity contribution in [2.24, 2.45) is 0 Å². The minimum Gasteiger partial charge on any atom is -0.488 e. The number of fused-ring (bicyclic) bond motifs is 3. The number of para-hydroxylation sites is 1. The molecule has 3 heterocycles. The molecule has 0 radical (unpaired) electrons. The lowest BCUT2D eigenvalue weighted by Gasteiger charge is -2.43. The number of hydrogen-bond donors (Lipinski definition) is 1. The molecule has 3 aromatic rings. The first-order valence-electron chi connectivity index (χ1n) is 12.3. The number of H-pyrrole nitrogens is 1. The molecule has 4 nitrogen and oxygen atoms in total. The summed E-state index contributed by atoms with van der Waals surface area (Å²) in [5.74, 6) is -1.35. The van der Waals surface area contributed by atoms with Gasteiger partial charge in [0.1, 0.15) is 29.2 Å². The highest BCUT2D eigenvalue weighted by molar-refractivity contribution is 5.85. The Morgan fingerprint density at radius 1 is 1.14 bits per heavy atom. The molecule has 0 bridgehead atoms. The Morgan fingerprint density at radius 3 is 2.50 bits per heavy atom. The Bertz CT molecular complexity index is 1250. The molecule has 2 aliphatic rings. The average Bonchev–Trinajstić information content (AvgIpc) is 3.14. The van der Waals surface area contributed by atoms with Crippen molar-refractivity contribution < 1.29 is 22.3 Å². The van der Waals surface area contributed by atoms with Crippen molar-refractivity contribution in [3.8, 4) is 5.75 Å². The highest BCUT2D eigenvalue weighted by Crippen LogP contribution is 2.43. The van der Waals surface area contributed by atoms with Crippen molar-refractivity contribution in [1.82, 2.24) is 14.8 Å². The van der Waals surface area contributed by atoms with Gasteiger partial charge in [-0.2, -0.15) is 0 Å². The molecular weight excluding hydrogens is 470 g/mol. The first-order valence-corrected chi connectivity index (χ1v) is 12.3.